The molecule has 1 fully saturated rings. The van der Waals surface area contributed by atoms with Gasteiger partial charge in [-0.1, -0.05) is 18.2 Å². The summed E-state index contributed by atoms with van der Waals surface area (Å²) in [7, 11) is -3.69. The highest BCUT2D eigenvalue weighted by Gasteiger charge is 2.21. The molecule has 0 aliphatic carbocycles. The first kappa shape index (κ1) is 15.9. The zero-order valence-electron chi connectivity index (χ0n) is 13.6. The van der Waals surface area contributed by atoms with Gasteiger partial charge in [0.15, 0.2) is 10.8 Å². The molecule has 0 spiro atoms. The zero-order chi connectivity index (χ0) is 17.3. The van der Waals surface area contributed by atoms with Gasteiger partial charge in [-0.3, -0.25) is 4.72 Å². The van der Waals surface area contributed by atoms with Gasteiger partial charge in [0.05, 0.1) is 5.52 Å². The van der Waals surface area contributed by atoms with Crippen molar-refractivity contribution in [2.45, 2.75) is 5.03 Å². The van der Waals surface area contributed by atoms with Gasteiger partial charge in [0.2, 0.25) is 0 Å². The monoisotopic (exact) mass is 357 g/mol. The predicted molar refractivity (Wildman–Crippen MR) is 98.4 cm³/mol. The van der Waals surface area contributed by atoms with Crippen LogP contribution < -0.4 is 14.9 Å². The molecule has 3 heterocycles. The van der Waals surface area contributed by atoms with Gasteiger partial charge in [-0.05, 0) is 24.3 Å². The molecular formula is C17H19N5O2S. The van der Waals surface area contributed by atoms with Crippen LogP contribution in [0, 0.1) is 0 Å². The van der Waals surface area contributed by atoms with Crippen molar-refractivity contribution in [3.8, 4) is 0 Å². The number of benzene rings is 1. The van der Waals surface area contributed by atoms with Gasteiger partial charge in [-0.2, -0.15) is 8.42 Å². The number of fused-ring (bicyclic) bond motifs is 1. The van der Waals surface area contributed by atoms with Crippen molar-refractivity contribution >= 4 is 32.4 Å². The molecule has 0 unspecified atom stereocenters. The number of para-hydroxylation sites is 1. The lowest BCUT2D eigenvalue weighted by atomic mass is 10.3. The number of nitrogens with zero attached hydrogens (tertiary/aromatic N) is 2. The molecule has 0 saturated carbocycles. The van der Waals surface area contributed by atoms with Crippen LogP contribution in [0.1, 0.15) is 0 Å². The molecule has 0 amide bonds. The first-order valence-corrected chi connectivity index (χ1v) is 9.63. The predicted octanol–water partition coefficient (Wildman–Crippen LogP) is 1.77. The summed E-state index contributed by atoms with van der Waals surface area (Å²) in [5, 5.41) is 4.27. The molecule has 7 nitrogen and oxygen atoms in total. The Labute approximate surface area is 146 Å². The maximum Gasteiger partial charge on any atom is 0.277 e. The summed E-state index contributed by atoms with van der Waals surface area (Å²) < 4.78 is 27.9. The maximum absolute atomic E-state index is 12.7. The minimum absolute atomic E-state index is 0.135. The van der Waals surface area contributed by atoms with E-state index in [4.69, 9.17) is 0 Å². The van der Waals surface area contributed by atoms with E-state index in [0.29, 0.717) is 5.69 Å². The Morgan fingerprint density at radius 2 is 1.84 bits per heavy atom. The van der Waals surface area contributed by atoms with Crippen molar-refractivity contribution in [1.29, 1.82) is 0 Å². The van der Waals surface area contributed by atoms with Crippen LogP contribution in [0.2, 0.25) is 0 Å². The Hall–Kier alpha value is -2.58. The van der Waals surface area contributed by atoms with Gasteiger partial charge in [0.25, 0.3) is 10.0 Å². The van der Waals surface area contributed by atoms with Gasteiger partial charge < -0.3 is 15.2 Å². The van der Waals surface area contributed by atoms with E-state index in [-0.39, 0.29) is 5.03 Å². The van der Waals surface area contributed by atoms with Crippen molar-refractivity contribution in [2.24, 2.45) is 0 Å². The van der Waals surface area contributed by atoms with Crippen LogP contribution >= 0.6 is 0 Å². The third kappa shape index (κ3) is 3.18. The van der Waals surface area contributed by atoms with Gasteiger partial charge >= 0.3 is 0 Å². The Morgan fingerprint density at radius 3 is 2.60 bits per heavy atom. The fraction of sp³-hybridized carbons (Fsp3) is 0.235. The largest absolute Gasteiger partial charge is 0.352 e. The summed E-state index contributed by atoms with van der Waals surface area (Å²) in [4.78, 5) is 9.67. The highest BCUT2D eigenvalue weighted by Crippen LogP contribution is 2.27. The fourth-order valence-electron chi connectivity index (χ4n) is 2.99. The highest BCUT2D eigenvalue weighted by molar-refractivity contribution is 7.92. The first-order chi connectivity index (χ1) is 12.1. The Bertz CT molecular complexity index is 979. The number of hydrogen-bond donors (Lipinski definition) is 3. The molecule has 1 saturated heterocycles. The Morgan fingerprint density at radius 1 is 1.08 bits per heavy atom. The molecule has 3 N–H and O–H groups in total. The van der Waals surface area contributed by atoms with Gasteiger partial charge in [-0.25, -0.2) is 4.98 Å². The molecule has 0 atom stereocenters. The van der Waals surface area contributed by atoms with Crippen molar-refractivity contribution < 1.29 is 8.42 Å². The van der Waals surface area contributed by atoms with E-state index in [1.165, 1.54) is 0 Å². The lowest BCUT2D eigenvalue weighted by molar-refractivity contribution is 0.586. The minimum Gasteiger partial charge on any atom is -0.352 e. The van der Waals surface area contributed by atoms with Gasteiger partial charge in [0, 0.05) is 43.4 Å². The number of hydrogen-bond acceptors (Lipinski definition) is 5. The van der Waals surface area contributed by atoms with Crippen LogP contribution in [0.4, 0.5) is 11.5 Å². The summed E-state index contributed by atoms with van der Waals surface area (Å²) in [6.07, 6.45) is 1.72. The van der Waals surface area contributed by atoms with Crippen molar-refractivity contribution in [1.82, 2.24) is 15.3 Å². The molecule has 4 rings (SSSR count). The molecule has 8 heteroatoms. The minimum atomic E-state index is -3.69. The number of piperazine rings is 1. The molecular weight excluding hydrogens is 338 g/mol. The summed E-state index contributed by atoms with van der Waals surface area (Å²) >= 11 is 0. The van der Waals surface area contributed by atoms with Crippen molar-refractivity contribution in [3.63, 3.8) is 0 Å². The zero-order valence-corrected chi connectivity index (χ0v) is 14.4. The number of sulfonamides is 1. The molecule has 2 aromatic heterocycles. The van der Waals surface area contributed by atoms with Gasteiger partial charge in [-0.15, -0.1) is 0 Å². The molecule has 1 aliphatic rings. The molecule has 130 valence electrons. The average Bonchev–Trinajstić information content (AvgIpc) is 3.08. The van der Waals surface area contributed by atoms with E-state index in [2.05, 4.69) is 24.9 Å². The second-order valence-electron chi connectivity index (χ2n) is 5.94. The second-order valence-corrected chi connectivity index (χ2v) is 7.59. The van der Waals surface area contributed by atoms with Gasteiger partial charge in [0.1, 0.15) is 0 Å². The molecule has 1 aliphatic heterocycles. The second kappa shape index (κ2) is 6.38. The lowest BCUT2D eigenvalue weighted by Crippen LogP contribution is -2.44. The topological polar surface area (TPSA) is 90.1 Å². The standard InChI is InChI=1S/C17H19N5O2S/c23-25(24,21-14-4-2-1-3-5-14)15-12-13-6-7-19-17(16(13)20-15)22-10-8-18-9-11-22/h1-7,12,18,20-21H,8-11H2. The number of pyridine rings is 1. The summed E-state index contributed by atoms with van der Waals surface area (Å²) in [6, 6.07) is 12.3. The number of aromatic nitrogens is 2. The van der Waals surface area contributed by atoms with E-state index in [0.717, 1.165) is 42.9 Å². The Balaban J connectivity index is 1.71. The van der Waals surface area contributed by atoms with E-state index >= 15 is 0 Å². The summed E-state index contributed by atoms with van der Waals surface area (Å²) in [5.41, 5.74) is 1.28. The van der Waals surface area contributed by atoms with Crippen LogP contribution in [-0.2, 0) is 10.0 Å². The van der Waals surface area contributed by atoms with E-state index in [9.17, 15) is 8.42 Å². The van der Waals surface area contributed by atoms with E-state index in [1.807, 2.05) is 12.1 Å². The maximum atomic E-state index is 12.7. The summed E-state index contributed by atoms with van der Waals surface area (Å²) in [6.45, 7) is 3.46. The number of nitrogens with one attached hydrogen (secondary N) is 3. The molecule has 0 radical (unpaired) electrons. The SMILES string of the molecule is O=S(=O)(Nc1ccccc1)c1cc2ccnc(N3CCNCC3)c2[nH]1. The molecule has 3 aromatic rings. The highest BCUT2D eigenvalue weighted by atomic mass is 32.2. The third-order valence-corrected chi connectivity index (χ3v) is 5.53. The Kier molecular flexibility index (Phi) is 4.06. The van der Waals surface area contributed by atoms with Crippen LogP contribution in [0.5, 0.6) is 0 Å². The van der Waals surface area contributed by atoms with E-state index < -0.39 is 10.0 Å². The summed E-state index contributed by atoms with van der Waals surface area (Å²) in [5.74, 6) is 0.792. The number of anilines is 2. The number of aromatic amines is 1. The molecule has 0 bridgehead atoms. The normalized spacial score (nSPS) is 15.4. The fourth-order valence-corrected chi connectivity index (χ4v) is 4.07. The quantitative estimate of drug-likeness (QED) is 0.662. The molecule has 1 aromatic carbocycles. The number of H-pyrrole nitrogens is 1. The smallest absolute Gasteiger partial charge is 0.277 e. The number of rotatable bonds is 4. The van der Waals surface area contributed by atoms with Crippen LogP contribution in [-0.4, -0.2) is 44.6 Å². The van der Waals surface area contributed by atoms with Crippen molar-refractivity contribution in [3.05, 3.63) is 48.7 Å². The lowest BCUT2D eigenvalue weighted by Gasteiger charge is -2.28. The van der Waals surface area contributed by atoms with Crippen LogP contribution in [0.3, 0.4) is 0 Å². The van der Waals surface area contributed by atoms with Crippen LogP contribution in [0.15, 0.2) is 53.7 Å². The van der Waals surface area contributed by atoms with E-state index in [1.54, 1.807) is 36.5 Å². The first-order valence-electron chi connectivity index (χ1n) is 8.15. The third-order valence-electron chi connectivity index (χ3n) is 4.23. The van der Waals surface area contributed by atoms with Crippen molar-refractivity contribution in [2.75, 3.05) is 35.8 Å². The van der Waals surface area contributed by atoms with Crippen LogP contribution in [0.25, 0.3) is 10.9 Å². The molecule has 25 heavy (non-hydrogen) atoms. The average molecular weight is 357 g/mol.